The summed E-state index contributed by atoms with van der Waals surface area (Å²) in [4.78, 5) is 16.3. The van der Waals surface area contributed by atoms with Gasteiger partial charge in [-0.2, -0.15) is 5.10 Å². The highest BCUT2D eigenvalue weighted by atomic mass is 35.5. The minimum Gasteiger partial charge on any atom is -0.484 e. The molecule has 0 spiro atoms. The van der Waals surface area contributed by atoms with Crippen molar-refractivity contribution in [3.05, 3.63) is 69.9 Å². The van der Waals surface area contributed by atoms with Crippen LogP contribution in [-0.4, -0.2) is 23.7 Å². The zero-order valence-electron chi connectivity index (χ0n) is 15.4. The van der Waals surface area contributed by atoms with Gasteiger partial charge in [0.1, 0.15) is 10.9 Å². The third-order valence-corrected chi connectivity index (χ3v) is 4.50. The van der Waals surface area contributed by atoms with Crippen LogP contribution in [0.15, 0.2) is 47.6 Å². The normalized spacial score (nSPS) is 11.1. The summed E-state index contributed by atoms with van der Waals surface area (Å²) in [5.74, 6) is 0.291. The Balaban J connectivity index is 1.60. The average molecular weight is 382 g/mol. The maximum Gasteiger partial charge on any atom is 0.277 e. The van der Waals surface area contributed by atoms with Crippen LogP contribution >= 0.6 is 11.6 Å². The molecule has 0 atom stereocenters. The molecule has 0 aliphatic rings. The quantitative estimate of drug-likeness (QED) is 0.406. The minimum atomic E-state index is -0.357. The topological polar surface area (TPSA) is 63.6 Å². The molecule has 0 saturated heterocycles. The zero-order chi connectivity index (χ0) is 19.4. The maximum atomic E-state index is 11.9. The van der Waals surface area contributed by atoms with Crippen LogP contribution in [0.1, 0.15) is 22.3 Å². The standard InChI is InChI=1S/C21H20ClN3O2/c1-13-4-6-16-10-17(21(22)24-19(16)8-13)11-23-25-20(26)12-27-18-7-5-14(2)15(3)9-18/h4-11H,12H2,1-3H3,(H,25,26)/b23-11+. The molecule has 138 valence electrons. The Kier molecular flexibility index (Phi) is 5.72. The van der Waals surface area contributed by atoms with Crippen LogP contribution in [0.3, 0.4) is 0 Å². The van der Waals surface area contributed by atoms with E-state index in [1.54, 1.807) is 0 Å². The predicted molar refractivity (Wildman–Crippen MR) is 109 cm³/mol. The Labute approximate surface area is 163 Å². The van der Waals surface area contributed by atoms with Crippen molar-refractivity contribution in [1.82, 2.24) is 10.4 Å². The van der Waals surface area contributed by atoms with Crippen molar-refractivity contribution < 1.29 is 9.53 Å². The lowest BCUT2D eigenvalue weighted by atomic mass is 10.1. The molecule has 27 heavy (non-hydrogen) atoms. The van der Waals surface area contributed by atoms with Gasteiger partial charge in [0.25, 0.3) is 5.91 Å². The number of hydrogen-bond donors (Lipinski definition) is 1. The molecule has 1 heterocycles. The number of hydrogen-bond acceptors (Lipinski definition) is 4. The van der Waals surface area contributed by atoms with Crippen molar-refractivity contribution in [2.45, 2.75) is 20.8 Å². The van der Waals surface area contributed by atoms with Crippen molar-refractivity contribution in [2.75, 3.05) is 6.61 Å². The monoisotopic (exact) mass is 381 g/mol. The number of benzene rings is 2. The number of carbonyl (C=O) groups is 1. The fourth-order valence-corrected chi connectivity index (χ4v) is 2.71. The van der Waals surface area contributed by atoms with Crippen LogP contribution in [-0.2, 0) is 4.79 Å². The zero-order valence-corrected chi connectivity index (χ0v) is 16.2. The first-order valence-corrected chi connectivity index (χ1v) is 8.89. The van der Waals surface area contributed by atoms with Gasteiger partial charge in [-0.3, -0.25) is 4.79 Å². The number of carbonyl (C=O) groups excluding carboxylic acids is 1. The van der Waals surface area contributed by atoms with Crippen molar-refractivity contribution in [1.29, 1.82) is 0 Å². The van der Waals surface area contributed by atoms with Gasteiger partial charge in [-0.05, 0) is 61.7 Å². The Morgan fingerprint density at radius 2 is 1.96 bits per heavy atom. The lowest BCUT2D eigenvalue weighted by Crippen LogP contribution is -2.24. The number of amides is 1. The van der Waals surface area contributed by atoms with Crippen LogP contribution in [0.5, 0.6) is 5.75 Å². The van der Waals surface area contributed by atoms with Crippen molar-refractivity contribution in [2.24, 2.45) is 5.10 Å². The number of nitrogens with zero attached hydrogens (tertiary/aromatic N) is 2. The number of pyridine rings is 1. The Hall–Kier alpha value is -2.92. The lowest BCUT2D eigenvalue weighted by molar-refractivity contribution is -0.123. The second-order valence-corrected chi connectivity index (χ2v) is 6.75. The van der Waals surface area contributed by atoms with Gasteiger partial charge in [0.2, 0.25) is 0 Å². The first-order valence-electron chi connectivity index (χ1n) is 8.51. The number of aromatic nitrogens is 1. The number of fused-ring (bicyclic) bond motifs is 1. The number of aryl methyl sites for hydroxylation is 3. The smallest absolute Gasteiger partial charge is 0.277 e. The van der Waals surface area contributed by atoms with E-state index in [2.05, 4.69) is 15.5 Å². The Morgan fingerprint density at radius 3 is 2.74 bits per heavy atom. The fourth-order valence-electron chi connectivity index (χ4n) is 2.52. The summed E-state index contributed by atoms with van der Waals surface area (Å²) in [6, 6.07) is 13.5. The van der Waals surface area contributed by atoms with Crippen LogP contribution < -0.4 is 10.2 Å². The molecule has 1 amide bonds. The molecule has 0 aliphatic heterocycles. The van der Waals surface area contributed by atoms with Gasteiger partial charge < -0.3 is 4.74 Å². The van der Waals surface area contributed by atoms with Gasteiger partial charge in [0.05, 0.1) is 11.7 Å². The molecule has 0 saturated carbocycles. The number of hydrazone groups is 1. The summed E-state index contributed by atoms with van der Waals surface area (Å²) in [7, 11) is 0. The molecule has 0 unspecified atom stereocenters. The van der Waals surface area contributed by atoms with Crippen LogP contribution in [0, 0.1) is 20.8 Å². The number of ether oxygens (including phenoxy) is 1. The fraction of sp³-hybridized carbons (Fsp3) is 0.190. The Morgan fingerprint density at radius 1 is 1.15 bits per heavy atom. The van der Waals surface area contributed by atoms with Crippen LogP contribution in [0.25, 0.3) is 10.9 Å². The maximum absolute atomic E-state index is 11.9. The molecular weight excluding hydrogens is 362 g/mol. The van der Waals surface area contributed by atoms with E-state index in [0.717, 1.165) is 22.0 Å². The summed E-state index contributed by atoms with van der Waals surface area (Å²) in [5, 5.41) is 5.23. The van der Waals surface area contributed by atoms with Crippen molar-refractivity contribution >= 4 is 34.6 Å². The van der Waals surface area contributed by atoms with Gasteiger partial charge in [-0.15, -0.1) is 0 Å². The van der Waals surface area contributed by atoms with E-state index in [0.29, 0.717) is 16.5 Å². The number of nitrogens with one attached hydrogen (secondary N) is 1. The third-order valence-electron chi connectivity index (χ3n) is 4.19. The molecule has 3 rings (SSSR count). The summed E-state index contributed by atoms with van der Waals surface area (Å²) >= 11 is 6.20. The molecule has 1 N–H and O–H groups in total. The SMILES string of the molecule is Cc1ccc2cc(/C=N/NC(=O)COc3ccc(C)c(C)c3)c(Cl)nc2c1. The van der Waals surface area contributed by atoms with E-state index < -0.39 is 0 Å². The van der Waals surface area contributed by atoms with E-state index in [-0.39, 0.29) is 12.5 Å². The summed E-state index contributed by atoms with van der Waals surface area (Å²) in [6.07, 6.45) is 1.47. The molecule has 0 aliphatic carbocycles. The molecule has 3 aromatic rings. The van der Waals surface area contributed by atoms with Crippen molar-refractivity contribution in [3.63, 3.8) is 0 Å². The number of halogens is 1. The van der Waals surface area contributed by atoms with E-state index >= 15 is 0 Å². The van der Waals surface area contributed by atoms with Gasteiger partial charge in [-0.25, -0.2) is 10.4 Å². The third kappa shape index (κ3) is 4.83. The van der Waals surface area contributed by atoms with E-state index in [1.807, 2.05) is 63.2 Å². The summed E-state index contributed by atoms with van der Waals surface area (Å²) in [6.45, 7) is 5.90. The Bertz CT molecular complexity index is 1030. The predicted octanol–water partition coefficient (Wildman–Crippen LogP) is 4.34. The highest BCUT2D eigenvalue weighted by Gasteiger charge is 2.05. The van der Waals surface area contributed by atoms with Crippen LogP contribution in [0.2, 0.25) is 5.15 Å². The van der Waals surface area contributed by atoms with Crippen LogP contribution in [0.4, 0.5) is 0 Å². The molecule has 0 fully saturated rings. The molecular formula is C21H20ClN3O2. The first kappa shape index (κ1) is 18.9. The lowest BCUT2D eigenvalue weighted by Gasteiger charge is -2.07. The van der Waals surface area contributed by atoms with E-state index in [1.165, 1.54) is 11.8 Å². The van der Waals surface area contributed by atoms with Gasteiger partial charge in [0.15, 0.2) is 6.61 Å². The molecule has 0 radical (unpaired) electrons. The largest absolute Gasteiger partial charge is 0.484 e. The second kappa shape index (κ2) is 8.18. The first-order chi connectivity index (χ1) is 12.9. The molecule has 5 nitrogen and oxygen atoms in total. The minimum absolute atomic E-state index is 0.122. The molecule has 2 aromatic carbocycles. The molecule has 1 aromatic heterocycles. The second-order valence-electron chi connectivity index (χ2n) is 6.39. The summed E-state index contributed by atoms with van der Waals surface area (Å²) < 4.78 is 5.47. The average Bonchev–Trinajstić information content (AvgIpc) is 2.63. The van der Waals surface area contributed by atoms with Gasteiger partial charge in [0, 0.05) is 10.9 Å². The highest BCUT2D eigenvalue weighted by molar-refractivity contribution is 6.32. The molecule has 0 bridgehead atoms. The molecule has 6 heteroatoms. The van der Waals surface area contributed by atoms with Gasteiger partial charge in [-0.1, -0.05) is 29.8 Å². The van der Waals surface area contributed by atoms with E-state index in [9.17, 15) is 4.79 Å². The summed E-state index contributed by atoms with van der Waals surface area (Å²) in [5.41, 5.74) is 7.28. The van der Waals surface area contributed by atoms with Crippen molar-refractivity contribution in [3.8, 4) is 5.75 Å². The number of rotatable bonds is 5. The highest BCUT2D eigenvalue weighted by Crippen LogP contribution is 2.20. The van der Waals surface area contributed by atoms with Gasteiger partial charge >= 0.3 is 0 Å². The van der Waals surface area contributed by atoms with E-state index in [4.69, 9.17) is 16.3 Å².